The number of rotatable bonds is 5. The number of nitrogens with zero attached hydrogens (tertiary/aromatic N) is 2. The summed E-state index contributed by atoms with van der Waals surface area (Å²) in [6, 6.07) is 3.17. The monoisotopic (exact) mass is 318 g/mol. The lowest BCUT2D eigenvalue weighted by molar-refractivity contribution is -0.163. The number of carbonyl (C=O) groups is 1. The van der Waals surface area contributed by atoms with Crippen LogP contribution in [0.2, 0.25) is 0 Å². The first kappa shape index (κ1) is 16.9. The fourth-order valence-corrected chi connectivity index (χ4v) is 2.62. The Kier molecular flexibility index (Phi) is 5.88. The highest BCUT2D eigenvalue weighted by molar-refractivity contribution is 5.78. The maximum Gasteiger partial charge on any atom is 0.406 e. The van der Waals surface area contributed by atoms with Gasteiger partial charge in [-0.25, -0.2) is 0 Å². The molecule has 4 nitrogen and oxygen atoms in total. The molecule has 0 saturated carbocycles. The van der Waals surface area contributed by atoms with Crippen molar-refractivity contribution in [3.05, 3.63) is 24.2 Å². The SMILES string of the molecule is O=C(CN1CCCCCC1)N(Cc1ccco1)CC(F)(F)F. The van der Waals surface area contributed by atoms with Gasteiger partial charge in [-0.1, -0.05) is 12.8 Å². The molecular formula is C15H21F3N2O2. The first-order valence-corrected chi connectivity index (χ1v) is 7.53. The Labute approximate surface area is 127 Å². The second kappa shape index (κ2) is 7.67. The number of likely N-dealkylation sites (tertiary alicyclic amines) is 1. The smallest absolute Gasteiger partial charge is 0.406 e. The third-order valence-corrected chi connectivity index (χ3v) is 3.71. The fraction of sp³-hybridized carbons (Fsp3) is 0.667. The summed E-state index contributed by atoms with van der Waals surface area (Å²) in [5, 5.41) is 0. The third-order valence-electron chi connectivity index (χ3n) is 3.71. The second-order valence-electron chi connectivity index (χ2n) is 5.63. The Morgan fingerprint density at radius 2 is 1.91 bits per heavy atom. The molecule has 1 aliphatic heterocycles. The Balaban J connectivity index is 1.97. The summed E-state index contributed by atoms with van der Waals surface area (Å²) in [7, 11) is 0. The molecule has 0 unspecified atom stereocenters. The largest absolute Gasteiger partial charge is 0.467 e. The number of hydrogen-bond acceptors (Lipinski definition) is 3. The van der Waals surface area contributed by atoms with Crippen molar-refractivity contribution in [3.63, 3.8) is 0 Å². The van der Waals surface area contributed by atoms with Gasteiger partial charge < -0.3 is 9.32 Å². The van der Waals surface area contributed by atoms with Crippen LogP contribution >= 0.6 is 0 Å². The molecule has 1 amide bonds. The molecule has 0 N–H and O–H groups in total. The van der Waals surface area contributed by atoms with Gasteiger partial charge in [-0.2, -0.15) is 13.2 Å². The van der Waals surface area contributed by atoms with Gasteiger partial charge in [0, 0.05) is 0 Å². The van der Waals surface area contributed by atoms with Crippen molar-refractivity contribution in [1.29, 1.82) is 0 Å². The topological polar surface area (TPSA) is 36.7 Å². The van der Waals surface area contributed by atoms with Crippen LogP contribution in [0.1, 0.15) is 31.4 Å². The van der Waals surface area contributed by atoms with Crippen LogP contribution in [0.5, 0.6) is 0 Å². The average molecular weight is 318 g/mol. The minimum atomic E-state index is -4.42. The zero-order valence-electron chi connectivity index (χ0n) is 12.4. The third kappa shape index (κ3) is 5.71. The van der Waals surface area contributed by atoms with Crippen LogP contribution in [0.4, 0.5) is 13.2 Å². The Bertz CT molecular complexity index is 452. The van der Waals surface area contributed by atoms with Crippen molar-refractivity contribution in [3.8, 4) is 0 Å². The van der Waals surface area contributed by atoms with Gasteiger partial charge in [-0.15, -0.1) is 0 Å². The number of carbonyl (C=O) groups excluding carboxylic acids is 1. The standard InChI is InChI=1S/C15H21F3N2O2/c16-15(17,18)12-20(10-13-6-5-9-22-13)14(21)11-19-7-3-1-2-4-8-19/h5-6,9H,1-4,7-8,10-12H2. The molecule has 0 aromatic carbocycles. The van der Waals surface area contributed by atoms with E-state index < -0.39 is 18.6 Å². The van der Waals surface area contributed by atoms with Crippen molar-refractivity contribution in [2.75, 3.05) is 26.2 Å². The van der Waals surface area contributed by atoms with Crippen LogP contribution < -0.4 is 0 Å². The molecular weight excluding hydrogens is 297 g/mol. The first-order chi connectivity index (χ1) is 10.4. The fourth-order valence-electron chi connectivity index (χ4n) is 2.62. The Morgan fingerprint density at radius 1 is 1.23 bits per heavy atom. The summed E-state index contributed by atoms with van der Waals surface area (Å²) < 4.78 is 43.2. The molecule has 2 rings (SSSR count). The maximum atomic E-state index is 12.7. The zero-order chi connectivity index (χ0) is 16.0. The van der Waals surface area contributed by atoms with E-state index in [0.717, 1.165) is 43.7 Å². The number of hydrogen-bond donors (Lipinski definition) is 0. The van der Waals surface area contributed by atoms with Gasteiger partial charge in [-0.3, -0.25) is 9.69 Å². The van der Waals surface area contributed by atoms with Crippen molar-refractivity contribution < 1.29 is 22.4 Å². The lowest BCUT2D eigenvalue weighted by atomic mass is 10.2. The lowest BCUT2D eigenvalue weighted by Gasteiger charge is -2.26. The van der Waals surface area contributed by atoms with E-state index in [0.29, 0.717) is 5.76 Å². The molecule has 1 saturated heterocycles. The van der Waals surface area contributed by atoms with Gasteiger partial charge in [0.15, 0.2) is 0 Å². The highest BCUT2D eigenvalue weighted by Gasteiger charge is 2.33. The molecule has 1 aromatic heterocycles. The first-order valence-electron chi connectivity index (χ1n) is 7.53. The molecule has 22 heavy (non-hydrogen) atoms. The summed E-state index contributed by atoms with van der Waals surface area (Å²) in [6.45, 7) is 0.176. The van der Waals surface area contributed by atoms with Gasteiger partial charge in [0.2, 0.25) is 5.91 Å². The zero-order valence-corrected chi connectivity index (χ0v) is 12.4. The van der Waals surface area contributed by atoms with Crippen molar-refractivity contribution >= 4 is 5.91 Å². The summed E-state index contributed by atoms with van der Waals surface area (Å²) in [5.41, 5.74) is 0. The van der Waals surface area contributed by atoms with E-state index in [2.05, 4.69) is 0 Å². The van der Waals surface area contributed by atoms with Crippen LogP contribution in [-0.2, 0) is 11.3 Å². The lowest BCUT2D eigenvalue weighted by Crippen LogP contribution is -2.44. The molecule has 1 aromatic rings. The molecule has 2 heterocycles. The molecule has 0 bridgehead atoms. The molecule has 1 aliphatic rings. The van der Waals surface area contributed by atoms with Crippen LogP contribution in [0, 0.1) is 0 Å². The van der Waals surface area contributed by atoms with Crippen LogP contribution in [0.3, 0.4) is 0 Å². The minimum absolute atomic E-state index is 0.0385. The minimum Gasteiger partial charge on any atom is -0.467 e. The molecule has 124 valence electrons. The van der Waals surface area contributed by atoms with E-state index in [1.54, 1.807) is 12.1 Å². The Hall–Kier alpha value is -1.50. The molecule has 0 atom stereocenters. The predicted molar refractivity (Wildman–Crippen MR) is 75.1 cm³/mol. The average Bonchev–Trinajstić information content (AvgIpc) is 2.80. The van der Waals surface area contributed by atoms with Gasteiger partial charge in [0.05, 0.1) is 19.4 Å². The molecule has 1 fully saturated rings. The van der Waals surface area contributed by atoms with Gasteiger partial charge in [0.25, 0.3) is 0 Å². The number of amides is 1. The number of alkyl halides is 3. The summed E-state index contributed by atoms with van der Waals surface area (Å²) in [4.78, 5) is 15.0. The predicted octanol–water partition coefficient (Wildman–Crippen LogP) is 3.05. The maximum absolute atomic E-state index is 12.7. The second-order valence-corrected chi connectivity index (χ2v) is 5.63. The van der Waals surface area contributed by atoms with E-state index in [9.17, 15) is 18.0 Å². The van der Waals surface area contributed by atoms with Gasteiger partial charge >= 0.3 is 6.18 Å². The molecule has 7 heteroatoms. The van der Waals surface area contributed by atoms with Crippen molar-refractivity contribution in [1.82, 2.24) is 9.80 Å². The van der Waals surface area contributed by atoms with E-state index in [1.807, 2.05) is 4.90 Å². The van der Waals surface area contributed by atoms with Gasteiger partial charge in [-0.05, 0) is 38.1 Å². The quantitative estimate of drug-likeness (QED) is 0.837. The van der Waals surface area contributed by atoms with Crippen LogP contribution in [0.15, 0.2) is 22.8 Å². The summed E-state index contributed by atoms with van der Waals surface area (Å²) >= 11 is 0. The van der Waals surface area contributed by atoms with E-state index in [1.165, 1.54) is 6.26 Å². The number of halogens is 3. The summed E-state index contributed by atoms with van der Waals surface area (Å²) in [5.74, 6) is -0.149. The van der Waals surface area contributed by atoms with Crippen molar-refractivity contribution in [2.45, 2.75) is 38.4 Å². The van der Waals surface area contributed by atoms with E-state index in [-0.39, 0.29) is 13.1 Å². The van der Waals surface area contributed by atoms with Gasteiger partial charge in [0.1, 0.15) is 12.3 Å². The summed E-state index contributed by atoms with van der Waals surface area (Å²) in [6.07, 6.45) is 1.18. The number of furan rings is 1. The van der Waals surface area contributed by atoms with Crippen LogP contribution in [0.25, 0.3) is 0 Å². The molecule has 0 radical (unpaired) electrons. The Morgan fingerprint density at radius 3 is 2.45 bits per heavy atom. The van der Waals surface area contributed by atoms with Crippen molar-refractivity contribution in [2.24, 2.45) is 0 Å². The molecule has 0 spiro atoms. The highest BCUT2D eigenvalue weighted by atomic mass is 19.4. The van der Waals surface area contributed by atoms with E-state index >= 15 is 0 Å². The van der Waals surface area contributed by atoms with Crippen LogP contribution in [-0.4, -0.2) is 48.1 Å². The van der Waals surface area contributed by atoms with E-state index in [4.69, 9.17) is 4.42 Å². The molecule has 0 aliphatic carbocycles. The normalized spacial score (nSPS) is 17.2. The highest BCUT2D eigenvalue weighted by Crippen LogP contribution is 2.19.